The molecule has 127 heavy (non-hydrogen) atoms. The normalized spacial score (nSPS) is 11.7. The minimum absolute atomic E-state index is 0. The number of aromatic nitrogens is 6. The van der Waals surface area contributed by atoms with E-state index in [1.807, 2.05) is 75.4 Å². The first-order chi connectivity index (χ1) is 59.0. The van der Waals surface area contributed by atoms with Crippen LogP contribution < -0.4 is 0 Å². The van der Waals surface area contributed by atoms with Crippen molar-refractivity contribution in [3.63, 3.8) is 0 Å². The van der Waals surface area contributed by atoms with Crippen LogP contribution in [0.25, 0.3) is 162 Å². The Hall–Kier alpha value is -10.9. The van der Waals surface area contributed by atoms with E-state index in [2.05, 4.69) is 243 Å². The van der Waals surface area contributed by atoms with Gasteiger partial charge >= 0.3 is 0 Å². The Kier molecular flexibility index (Phi) is 32.8. The first-order valence-electron chi connectivity index (χ1n) is 41.4. The molecule has 18 aromatic rings. The van der Waals surface area contributed by atoms with Crippen molar-refractivity contribution in [2.75, 3.05) is 0 Å². The predicted octanol–water partition coefficient (Wildman–Crippen LogP) is 30.0. The summed E-state index contributed by atoms with van der Waals surface area (Å²) in [6.07, 6.45) is 3.50. The fraction of sp³-hybridized carbons (Fsp3) is 0.236. The Labute approximate surface area is 793 Å². The van der Waals surface area contributed by atoms with Crippen molar-refractivity contribution in [3.8, 4) is 65.1 Å². The van der Waals surface area contributed by atoms with Gasteiger partial charge in [0.05, 0.1) is 34.0 Å². The minimum Gasteiger partial charge on any atom is -0.512 e. The quantitative estimate of drug-likeness (QED) is 0.0554. The zero-order valence-corrected chi connectivity index (χ0v) is 84.3. The van der Waals surface area contributed by atoms with Gasteiger partial charge in [-0.1, -0.05) is 206 Å². The van der Waals surface area contributed by atoms with Crippen LogP contribution in [0.2, 0.25) is 0 Å². The number of pyridine rings is 6. The number of fused-ring (bicyclic) bond motifs is 12. The average Bonchev–Trinajstić information content (AvgIpc) is 1.61. The molecule has 657 valence electrons. The number of carbonyl (C=O) groups excluding carboxylic acids is 3. The first-order valence-corrected chi connectivity index (χ1v) is 43.8. The average molecular weight is 2280 g/mol. The number of hydrogen-bond acceptors (Lipinski definition) is 18. The number of thiophene rings is 3. The standard InChI is InChI=1S/2C31H27N2OS.C29H23N2OS.3C5H8O2.3Ir/c1-17(2)21-8-6-9-22(18(3)4)28(21)27-16-20-13-15-26(33-31(20)35-27)25-11-7-10-23-24-14-12-19(5)32-30(24)34-29(23)25;1-17(2)21-13-22(18(3)4)15-23(14-21)28-16-20-10-12-27(33-31(20)35-28)26-8-6-7-24-25-11-9-19(5)32-30(25)34-29(24)26;1-17-8-14-22-21-6-5-7-23(26(21)32-27(22)30-17)24-15-11-19-16-25(33-28(19)31-24)18-9-12-20(13-10-18)29(2,3)4;3*1-4(6)3-5(2)7;;;/h6-10,12-18H,1-5H3;6-7,9-18H,1-5H3;5-6,8-16H,1-4H3;3*3,6H,1-2H3;;;/q3*-1;;;;;;. The fourth-order valence-electron chi connectivity index (χ4n) is 14.6. The smallest absolute Gasteiger partial charge is 0.216 e. The van der Waals surface area contributed by atoms with Gasteiger partial charge in [0, 0.05) is 143 Å². The number of aliphatic hydroxyl groups is 3. The number of aliphatic hydroxyl groups excluding tert-OH is 3. The van der Waals surface area contributed by atoms with Crippen LogP contribution in [0.3, 0.4) is 0 Å². The molecule has 0 atom stereocenters. The van der Waals surface area contributed by atoms with Crippen molar-refractivity contribution in [2.45, 2.75) is 168 Å². The van der Waals surface area contributed by atoms with Gasteiger partial charge in [-0.05, 0) is 208 Å². The Bertz CT molecular complexity index is 7040. The predicted molar refractivity (Wildman–Crippen MR) is 514 cm³/mol. The van der Waals surface area contributed by atoms with Gasteiger partial charge in [0.25, 0.3) is 0 Å². The second kappa shape index (κ2) is 42.3. The molecule has 0 spiro atoms. The van der Waals surface area contributed by atoms with Crippen molar-refractivity contribution in [2.24, 2.45) is 0 Å². The van der Waals surface area contributed by atoms with E-state index in [0.29, 0.717) is 40.8 Å². The van der Waals surface area contributed by atoms with Crippen LogP contribution in [-0.2, 0) is 80.1 Å². The van der Waals surface area contributed by atoms with Crippen LogP contribution in [0.4, 0.5) is 0 Å². The van der Waals surface area contributed by atoms with E-state index >= 15 is 0 Å². The van der Waals surface area contributed by atoms with E-state index in [1.54, 1.807) is 34.0 Å². The summed E-state index contributed by atoms with van der Waals surface area (Å²) in [6, 6.07) is 76.4. The van der Waals surface area contributed by atoms with Crippen LogP contribution in [0.5, 0.6) is 0 Å². The van der Waals surface area contributed by atoms with Gasteiger partial charge in [-0.2, -0.15) is 0 Å². The Morgan fingerprint density at radius 1 is 0.370 bits per heavy atom. The molecule has 3 N–H and O–H groups in total. The molecule has 0 saturated heterocycles. The molecule has 18 rings (SSSR count). The number of furan rings is 3. The number of allylic oxidation sites excluding steroid dienone is 6. The van der Waals surface area contributed by atoms with Gasteiger partial charge in [0.2, 0.25) is 17.1 Å². The second-order valence-corrected chi connectivity index (χ2v) is 36.5. The molecular weight excluding hydrogens is 2170 g/mol. The molecule has 12 heterocycles. The molecule has 12 aromatic heterocycles. The van der Waals surface area contributed by atoms with Gasteiger partial charge in [-0.3, -0.25) is 29.3 Å². The Morgan fingerprint density at radius 2 is 0.693 bits per heavy atom. The summed E-state index contributed by atoms with van der Waals surface area (Å²) < 4.78 is 18.6. The van der Waals surface area contributed by atoms with Gasteiger partial charge in [-0.15, -0.1) is 88.6 Å². The molecular formula is C106H101Ir3N6O9S3-3. The van der Waals surface area contributed by atoms with Crippen LogP contribution in [0, 0.1) is 39.0 Å². The third-order valence-electron chi connectivity index (χ3n) is 20.7. The van der Waals surface area contributed by atoms with Gasteiger partial charge in [-0.25, -0.2) is 15.0 Å². The van der Waals surface area contributed by atoms with Crippen LogP contribution >= 0.6 is 34.0 Å². The van der Waals surface area contributed by atoms with Crippen molar-refractivity contribution in [1.29, 1.82) is 0 Å². The third-order valence-corrected chi connectivity index (χ3v) is 24.0. The molecule has 6 aromatic carbocycles. The van der Waals surface area contributed by atoms with E-state index in [4.69, 9.17) is 43.5 Å². The first kappa shape index (κ1) is 98.3. The molecule has 3 radical (unpaired) electrons. The maximum Gasteiger partial charge on any atom is 0.216 e. The number of aryl methyl sites for hydroxylation is 3. The number of ketones is 3. The molecule has 0 aliphatic rings. The summed E-state index contributed by atoms with van der Waals surface area (Å²) in [5, 5.41) is 34.7. The molecule has 0 fully saturated rings. The van der Waals surface area contributed by atoms with Gasteiger partial charge < -0.3 is 28.6 Å². The van der Waals surface area contributed by atoms with Crippen molar-refractivity contribution >= 4 is 148 Å². The Morgan fingerprint density at radius 3 is 0.992 bits per heavy atom. The topological polar surface area (TPSA) is 229 Å². The monoisotopic (exact) mass is 2280 g/mol. The zero-order valence-electron chi connectivity index (χ0n) is 74.6. The SMILES string of the molecule is CC(=O)C=C(C)O.CC(=O)C=C(C)O.CC(=O)C=C(C)O.Cc1ccc2c(n1)oc1c(-c3ccc4cc(-c5c(C(C)C)cccc5C(C)C)sc4n3)[c-]ccc12.Cc1ccc2c(n1)oc1c(-c3ccc4cc(-c5cc(C(C)C)cc(C(C)C)c5)sc4n3)[c-]ccc12.Cc1ccc2c(n1)oc1c(-c3ccc4cc(-c5ccc(C(C)(C)C)cc5)sc4n3)[c-]ccc12.[Ir].[Ir].[Ir]. The van der Waals surface area contributed by atoms with Crippen LogP contribution in [-0.4, -0.2) is 62.6 Å². The van der Waals surface area contributed by atoms with E-state index in [-0.39, 0.29) is 100 Å². The fourth-order valence-corrected chi connectivity index (χ4v) is 17.8. The summed E-state index contributed by atoms with van der Waals surface area (Å²) in [6.45, 7) is 39.3. The van der Waals surface area contributed by atoms with E-state index < -0.39 is 0 Å². The number of hydrogen-bond donors (Lipinski definition) is 3. The molecule has 0 aliphatic heterocycles. The second-order valence-electron chi connectivity index (χ2n) is 33.4. The van der Waals surface area contributed by atoms with E-state index in [0.717, 1.165) is 131 Å². The van der Waals surface area contributed by atoms with Crippen molar-refractivity contribution < 1.29 is 103 Å². The molecule has 15 nitrogen and oxygen atoms in total. The summed E-state index contributed by atoms with van der Waals surface area (Å²) >= 11 is 5.23. The largest absolute Gasteiger partial charge is 0.512 e. The number of rotatable bonds is 13. The minimum atomic E-state index is -0.125. The van der Waals surface area contributed by atoms with Crippen LogP contribution in [0.1, 0.15) is 186 Å². The third kappa shape index (κ3) is 23.3. The van der Waals surface area contributed by atoms with E-state index in [9.17, 15) is 14.4 Å². The molecule has 0 bridgehead atoms. The van der Waals surface area contributed by atoms with Gasteiger partial charge in [0.1, 0.15) is 14.5 Å². The maximum atomic E-state index is 10.0. The maximum absolute atomic E-state index is 10.0. The summed E-state index contributed by atoms with van der Waals surface area (Å²) in [5.41, 5.74) is 23.3. The van der Waals surface area contributed by atoms with Gasteiger partial charge in [0.15, 0.2) is 17.3 Å². The Balaban J connectivity index is 0.000000176. The zero-order chi connectivity index (χ0) is 88.9. The molecule has 0 unspecified atom stereocenters. The number of carbonyl (C=O) groups is 3. The summed E-state index contributed by atoms with van der Waals surface area (Å²) in [7, 11) is 0. The van der Waals surface area contributed by atoms with Crippen molar-refractivity contribution in [3.05, 3.63) is 287 Å². The molecule has 0 aliphatic carbocycles. The van der Waals surface area contributed by atoms with Crippen molar-refractivity contribution in [1.82, 2.24) is 29.9 Å². The number of benzene rings is 6. The van der Waals surface area contributed by atoms with E-state index in [1.165, 1.54) is 119 Å². The van der Waals surface area contributed by atoms with Crippen LogP contribution in [0.15, 0.2) is 237 Å². The number of nitrogens with zero attached hydrogens (tertiary/aromatic N) is 6. The summed E-state index contributed by atoms with van der Waals surface area (Å²) in [5.74, 6) is 1.70. The molecule has 0 amide bonds. The molecule has 21 heteroatoms. The summed E-state index contributed by atoms with van der Waals surface area (Å²) in [4.78, 5) is 65.7. The molecule has 0 saturated carbocycles.